The topological polar surface area (TPSA) is 67.5 Å². The zero-order valence-electron chi connectivity index (χ0n) is 12.9. The van der Waals surface area contributed by atoms with Crippen LogP contribution in [-0.4, -0.2) is 53.9 Å². The SMILES string of the molecule is COC[C@@H]1CN(C(=O)c2cc(C#N)cn2C)CC(C)(C)O1. The van der Waals surface area contributed by atoms with Gasteiger partial charge in [0, 0.05) is 33.4 Å². The first-order valence-electron chi connectivity index (χ1n) is 6.89. The molecule has 1 amide bonds. The number of amides is 1. The summed E-state index contributed by atoms with van der Waals surface area (Å²) in [5.41, 5.74) is 0.586. The second-order valence-electron chi connectivity index (χ2n) is 5.98. The van der Waals surface area contributed by atoms with E-state index in [1.807, 2.05) is 13.8 Å². The number of nitriles is 1. The molecule has 114 valence electrons. The van der Waals surface area contributed by atoms with Crippen LogP contribution in [0.3, 0.4) is 0 Å². The molecular formula is C15H21N3O3. The molecule has 0 bridgehead atoms. The molecule has 0 aromatic carbocycles. The number of methoxy groups -OCH3 is 1. The van der Waals surface area contributed by atoms with Gasteiger partial charge in [0.2, 0.25) is 0 Å². The van der Waals surface area contributed by atoms with Crippen molar-refractivity contribution < 1.29 is 14.3 Å². The van der Waals surface area contributed by atoms with Crippen LogP contribution in [0.4, 0.5) is 0 Å². The summed E-state index contributed by atoms with van der Waals surface area (Å²) in [5.74, 6) is -0.0866. The Morgan fingerprint density at radius 1 is 1.62 bits per heavy atom. The quantitative estimate of drug-likeness (QED) is 0.838. The van der Waals surface area contributed by atoms with Gasteiger partial charge in [0.05, 0.1) is 23.9 Å². The van der Waals surface area contributed by atoms with Gasteiger partial charge in [-0.2, -0.15) is 5.26 Å². The van der Waals surface area contributed by atoms with Crippen molar-refractivity contribution in [3.8, 4) is 6.07 Å². The zero-order chi connectivity index (χ0) is 15.6. The Kier molecular flexibility index (Phi) is 4.35. The number of carbonyl (C=O) groups is 1. The van der Waals surface area contributed by atoms with Crippen molar-refractivity contribution in [1.29, 1.82) is 5.26 Å². The van der Waals surface area contributed by atoms with Crippen LogP contribution < -0.4 is 0 Å². The van der Waals surface area contributed by atoms with Crippen LogP contribution in [0, 0.1) is 11.3 Å². The molecule has 2 rings (SSSR count). The Morgan fingerprint density at radius 2 is 2.33 bits per heavy atom. The molecule has 1 aliphatic rings. The summed E-state index contributed by atoms with van der Waals surface area (Å²) in [4.78, 5) is 14.5. The van der Waals surface area contributed by atoms with E-state index < -0.39 is 5.60 Å². The fourth-order valence-corrected chi connectivity index (χ4v) is 2.72. The number of aromatic nitrogens is 1. The molecular weight excluding hydrogens is 270 g/mol. The van der Waals surface area contributed by atoms with Gasteiger partial charge in [0.1, 0.15) is 11.8 Å². The molecule has 6 heteroatoms. The minimum absolute atomic E-state index is 0.0866. The number of aryl methyl sites for hydroxylation is 1. The highest BCUT2D eigenvalue weighted by molar-refractivity contribution is 5.93. The predicted molar refractivity (Wildman–Crippen MR) is 76.9 cm³/mol. The van der Waals surface area contributed by atoms with Crippen LogP contribution in [0.5, 0.6) is 0 Å². The van der Waals surface area contributed by atoms with Crippen LogP contribution in [0.2, 0.25) is 0 Å². The molecule has 1 saturated heterocycles. The Morgan fingerprint density at radius 3 is 2.90 bits per heavy atom. The molecule has 1 aromatic rings. The lowest BCUT2D eigenvalue weighted by atomic mass is 10.0. The highest BCUT2D eigenvalue weighted by Gasteiger charge is 2.36. The molecule has 1 aliphatic heterocycles. The van der Waals surface area contributed by atoms with Crippen LogP contribution in [0.25, 0.3) is 0 Å². The Labute approximate surface area is 124 Å². The minimum Gasteiger partial charge on any atom is -0.382 e. The minimum atomic E-state index is -0.416. The van der Waals surface area contributed by atoms with Gasteiger partial charge in [-0.15, -0.1) is 0 Å². The first-order chi connectivity index (χ1) is 9.86. The van der Waals surface area contributed by atoms with Gasteiger partial charge in [0.25, 0.3) is 5.91 Å². The van der Waals surface area contributed by atoms with Crippen molar-refractivity contribution in [2.45, 2.75) is 25.6 Å². The first-order valence-corrected chi connectivity index (χ1v) is 6.89. The smallest absolute Gasteiger partial charge is 0.270 e. The lowest BCUT2D eigenvalue weighted by Crippen LogP contribution is -2.55. The van der Waals surface area contributed by atoms with Crippen molar-refractivity contribution in [3.05, 3.63) is 23.5 Å². The maximum atomic E-state index is 12.7. The number of nitrogens with zero attached hydrogens (tertiary/aromatic N) is 3. The van der Waals surface area contributed by atoms with Gasteiger partial charge in [-0.05, 0) is 19.9 Å². The molecule has 1 aromatic heterocycles. The van der Waals surface area contributed by atoms with E-state index in [2.05, 4.69) is 6.07 Å². The van der Waals surface area contributed by atoms with E-state index in [1.54, 1.807) is 35.9 Å². The van der Waals surface area contributed by atoms with E-state index in [9.17, 15) is 4.79 Å². The van der Waals surface area contributed by atoms with Crippen molar-refractivity contribution in [3.63, 3.8) is 0 Å². The summed E-state index contributed by atoms with van der Waals surface area (Å²) in [7, 11) is 3.39. The molecule has 2 heterocycles. The third kappa shape index (κ3) is 3.43. The van der Waals surface area contributed by atoms with Crippen molar-refractivity contribution in [1.82, 2.24) is 9.47 Å². The van der Waals surface area contributed by atoms with Gasteiger partial charge < -0.3 is 18.9 Å². The predicted octanol–water partition coefficient (Wildman–Crippen LogP) is 1.16. The second kappa shape index (κ2) is 5.88. The highest BCUT2D eigenvalue weighted by atomic mass is 16.5. The van der Waals surface area contributed by atoms with Gasteiger partial charge in [-0.3, -0.25) is 4.79 Å². The molecule has 21 heavy (non-hydrogen) atoms. The van der Waals surface area contributed by atoms with Crippen LogP contribution >= 0.6 is 0 Å². The fraction of sp³-hybridized carbons (Fsp3) is 0.600. The molecule has 0 N–H and O–H groups in total. The van der Waals surface area contributed by atoms with Crippen molar-refractivity contribution in [2.75, 3.05) is 26.8 Å². The largest absolute Gasteiger partial charge is 0.382 e. The summed E-state index contributed by atoms with van der Waals surface area (Å²) in [6.45, 7) is 5.37. The summed E-state index contributed by atoms with van der Waals surface area (Å²) in [6, 6.07) is 3.68. The van der Waals surface area contributed by atoms with E-state index in [4.69, 9.17) is 14.7 Å². The van der Waals surface area contributed by atoms with Crippen LogP contribution in [-0.2, 0) is 16.5 Å². The molecule has 0 spiro atoms. The number of morpholine rings is 1. The third-order valence-corrected chi connectivity index (χ3v) is 3.47. The van der Waals surface area contributed by atoms with E-state index >= 15 is 0 Å². The number of hydrogen-bond acceptors (Lipinski definition) is 4. The number of ether oxygens (including phenoxy) is 2. The summed E-state index contributed by atoms with van der Waals surface area (Å²) >= 11 is 0. The highest BCUT2D eigenvalue weighted by Crippen LogP contribution is 2.23. The third-order valence-electron chi connectivity index (χ3n) is 3.47. The summed E-state index contributed by atoms with van der Waals surface area (Å²) in [6.07, 6.45) is 1.52. The van der Waals surface area contributed by atoms with Crippen LogP contribution in [0.15, 0.2) is 12.3 Å². The fourth-order valence-electron chi connectivity index (χ4n) is 2.72. The van der Waals surface area contributed by atoms with E-state index in [-0.39, 0.29) is 12.0 Å². The summed E-state index contributed by atoms with van der Waals surface area (Å²) < 4.78 is 12.7. The van der Waals surface area contributed by atoms with Gasteiger partial charge >= 0.3 is 0 Å². The number of carbonyl (C=O) groups excluding carboxylic acids is 1. The monoisotopic (exact) mass is 291 g/mol. The van der Waals surface area contributed by atoms with Gasteiger partial charge in [0.15, 0.2) is 0 Å². The Balaban J connectivity index is 2.21. The van der Waals surface area contributed by atoms with Crippen molar-refractivity contribution >= 4 is 5.91 Å². The average Bonchev–Trinajstić information content (AvgIpc) is 2.77. The molecule has 6 nitrogen and oxygen atoms in total. The molecule has 0 saturated carbocycles. The summed E-state index contributed by atoms with van der Waals surface area (Å²) in [5, 5.41) is 8.94. The second-order valence-corrected chi connectivity index (χ2v) is 5.98. The Bertz CT molecular complexity index is 571. The zero-order valence-corrected chi connectivity index (χ0v) is 12.9. The molecule has 0 radical (unpaired) electrons. The van der Waals surface area contributed by atoms with E-state index in [1.165, 1.54) is 0 Å². The maximum Gasteiger partial charge on any atom is 0.270 e. The number of rotatable bonds is 3. The van der Waals surface area contributed by atoms with Crippen LogP contribution in [0.1, 0.15) is 29.9 Å². The van der Waals surface area contributed by atoms with Gasteiger partial charge in [-0.25, -0.2) is 0 Å². The van der Waals surface area contributed by atoms with E-state index in [0.717, 1.165) is 0 Å². The molecule has 0 aliphatic carbocycles. The van der Waals surface area contributed by atoms with Crippen molar-refractivity contribution in [2.24, 2.45) is 7.05 Å². The normalized spacial score (nSPS) is 21.1. The first kappa shape index (κ1) is 15.5. The Hall–Kier alpha value is -1.84. The lowest BCUT2D eigenvalue weighted by molar-refractivity contribution is -0.143. The average molecular weight is 291 g/mol. The molecule has 1 atom stereocenters. The molecule has 0 unspecified atom stereocenters. The standard InChI is InChI=1S/C15H21N3O3/c1-15(2)10-18(8-12(21-15)9-20-4)14(19)13-5-11(6-16)7-17(13)3/h5,7,12H,8-10H2,1-4H3/t12-/m0/s1. The maximum absolute atomic E-state index is 12.7. The number of hydrogen-bond donors (Lipinski definition) is 0. The van der Waals surface area contributed by atoms with E-state index in [0.29, 0.717) is 31.0 Å². The molecule has 1 fully saturated rings. The van der Waals surface area contributed by atoms with Gasteiger partial charge in [-0.1, -0.05) is 0 Å². The lowest BCUT2D eigenvalue weighted by Gasteiger charge is -2.42.